The van der Waals surface area contributed by atoms with Gasteiger partial charge in [0.25, 0.3) is 0 Å². The lowest BCUT2D eigenvalue weighted by Gasteiger charge is -2.23. The molecule has 3 rings (SSSR count). The van der Waals surface area contributed by atoms with E-state index in [0.717, 1.165) is 25.9 Å². The molecule has 1 aromatic rings. The normalized spacial score (nSPS) is 28.8. The predicted molar refractivity (Wildman–Crippen MR) is 73.1 cm³/mol. The maximum Gasteiger partial charge on any atom is 0.315 e. The molecule has 0 unspecified atom stereocenters. The first-order chi connectivity index (χ1) is 9.74. The Morgan fingerprint density at radius 3 is 2.90 bits per heavy atom. The van der Waals surface area contributed by atoms with Gasteiger partial charge in [-0.25, -0.2) is 9.18 Å². The first-order valence-corrected chi connectivity index (χ1v) is 7.13. The number of benzene rings is 1. The van der Waals surface area contributed by atoms with Crippen molar-refractivity contribution in [3.05, 3.63) is 35.6 Å². The molecule has 3 atom stereocenters. The molecular weight excluding hydrogens is 259 g/mol. The summed E-state index contributed by atoms with van der Waals surface area (Å²) >= 11 is 0. The number of hydrogen-bond acceptors (Lipinski definition) is 2. The number of ether oxygens (including phenoxy) is 1. The van der Waals surface area contributed by atoms with E-state index in [2.05, 4.69) is 10.6 Å². The molecule has 1 aliphatic carbocycles. The van der Waals surface area contributed by atoms with Crippen molar-refractivity contribution in [1.29, 1.82) is 0 Å². The SMILES string of the molecule is O=C(N[C@H]1CCCOC1)N[C@@H]1C[C@H]1c1ccccc1F. The van der Waals surface area contributed by atoms with E-state index in [1.54, 1.807) is 12.1 Å². The Kier molecular flexibility index (Phi) is 3.87. The second kappa shape index (κ2) is 5.79. The molecule has 108 valence electrons. The van der Waals surface area contributed by atoms with Crippen LogP contribution in [0.1, 0.15) is 30.7 Å². The fourth-order valence-corrected chi connectivity index (χ4v) is 2.72. The van der Waals surface area contributed by atoms with Crippen LogP contribution in [-0.2, 0) is 4.74 Å². The standard InChI is InChI=1S/C15H19FN2O2/c16-13-6-2-1-5-11(13)12-8-14(12)18-15(19)17-10-4-3-7-20-9-10/h1-2,5-6,10,12,14H,3-4,7-9H2,(H2,17,18,19)/t10-,12-,14+/m0/s1. The molecule has 1 saturated carbocycles. The van der Waals surface area contributed by atoms with Crippen molar-refractivity contribution < 1.29 is 13.9 Å². The first kappa shape index (κ1) is 13.4. The van der Waals surface area contributed by atoms with Crippen molar-refractivity contribution in [2.45, 2.75) is 37.3 Å². The zero-order valence-corrected chi connectivity index (χ0v) is 11.3. The lowest BCUT2D eigenvalue weighted by Crippen LogP contribution is -2.46. The lowest BCUT2D eigenvalue weighted by molar-refractivity contribution is 0.0732. The number of nitrogens with one attached hydrogen (secondary N) is 2. The Morgan fingerprint density at radius 1 is 1.30 bits per heavy atom. The van der Waals surface area contributed by atoms with Gasteiger partial charge in [0.15, 0.2) is 0 Å². The van der Waals surface area contributed by atoms with Crippen molar-refractivity contribution in [3.8, 4) is 0 Å². The van der Waals surface area contributed by atoms with Crippen LogP contribution in [0.2, 0.25) is 0 Å². The van der Waals surface area contributed by atoms with E-state index in [1.165, 1.54) is 6.07 Å². The Hall–Kier alpha value is -1.62. The largest absolute Gasteiger partial charge is 0.379 e. The van der Waals surface area contributed by atoms with Crippen LogP contribution in [0.15, 0.2) is 24.3 Å². The second-order valence-corrected chi connectivity index (χ2v) is 5.50. The molecule has 2 amide bonds. The lowest BCUT2D eigenvalue weighted by atomic mass is 10.1. The smallest absolute Gasteiger partial charge is 0.315 e. The number of urea groups is 1. The molecule has 0 spiro atoms. The van der Waals surface area contributed by atoms with E-state index in [4.69, 9.17) is 4.74 Å². The maximum absolute atomic E-state index is 13.6. The Labute approximate surface area is 117 Å². The number of rotatable bonds is 3. The summed E-state index contributed by atoms with van der Waals surface area (Å²) in [5.74, 6) is -0.0903. The van der Waals surface area contributed by atoms with E-state index in [9.17, 15) is 9.18 Å². The van der Waals surface area contributed by atoms with Gasteiger partial charge in [-0.1, -0.05) is 18.2 Å². The van der Waals surface area contributed by atoms with Crippen molar-refractivity contribution in [2.24, 2.45) is 0 Å². The molecule has 1 aromatic carbocycles. The predicted octanol–water partition coefficient (Wildman–Crippen LogP) is 2.16. The van der Waals surface area contributed by atoms with E-state index < -0.39 is 0 Å². The molecule has 1 aliphatic heterocycles. The van der Waals surface area contributed by atoms with E-state index >= 15 is 0 Å². The van der Waals surface area contributed by atoms with Gasteiger partial charge in [-0.15, -0.1) is 0 Å². The molecule has 20 heavy (non-hydrogen) atoms. The monoisotopic (exact) mass is 278 g/mol. The summed E-state index contributed by atoms with van der Waals surface area (Å²) < 4.78 is 18.9. The number of carbonyl (C=O) groups excluding carboxylic acids is 1. The summed E-state index contributed by atoms with van der Waals surface area (Å²) in [6.45, 7) is 1.35. The van der Waals surface area contributed by atoms with Crippen LogP contribution in [0, 0.1) is 5.82 Å². The fourth-order valence-electron chi connectivity index (χ4n) is 2.72. The average molecular weight is 278 g/mol. The first-order valence-electron chi connectivity index (χ1n) is 7.13. The minimum atomic E-state index is -0.192. The molecular formula is C15H19FN2O2. The van der Waals surface area contributed by atoms with Gasteiger partial charge in [-0.05, 0) is 30.9 Å². The van der Waals surface area contributed by atoms with Gasteiger partial charge < -0.3 is 15.4 Å². The zero-order chi connectivity index (χ0) is 13.9. The van der Waals surface area contributed by atoms with Crippen molar-refractivity contribution in [1.82, 2.24) is 10.6 Å². The van der Waals surface area contributed by atoms with Crippen LogP contribution in [0.3, 0.4) is 0 Å². The topological polar surface area (TPSA) is 50.4 Å². The zero-order valence-electron chi connectivity index (χ0n) is 11.3. The molecule has 0 bridgehead atoms. The number of carbonyl (C=O) groups is 1. The number of amides is 2. The van der Waals surface area contributed by atoms with Gasteiger partial charge >= 0.3 is 6.03 Å². The molecule has 1 heterocycles. The van der Waals surface area contributed by atoms with Gasteiger partial charge in [-0.2, -0.15) is 0 Å². The summed E-state index contributed by atoms with van der Waals surface area (Å²) in [4.78, 5) is 11.9. The number of hydrogen-bond donors (Lipinski definition) is 2. The van der Waals surface area contributed by atoms with Crippen LogP contribution in [-0.4, -0.2) is 31.3 Å². The van der Waals surface area contributed by atoms with Crippen molar-refractivity contribution in [2.75, 3.05) is 13.2 Å². The minimum Gasteiger partial charge on any atom is -0.379 e. The van der Waals surface area contributed by atoms with Crippen molar-refractivity contribution >= 4 is 6.03 Å². The van der Waals surface area contributed by atoms with E-state index in [-0.39, 0.29) is 29.8 Å². The van der Waals surface area contributed by atoms with Crippen molar-refractivity contribution in [3.63, 3.8) is 0 Å². The van der Waals surface area contributed by atoms with Crippen LogP contribution in [0.25, 0.3) is 0 Å². The third-order valence-corrected chi connectivity index (χ3v) is 3.91. The molecule has 2 aliphatic rings. The quantitative estimate of drug-likeness (QED) is 0.890. The molecule has 2 fully saturated rings. The Bertz CT molecular complexity index is 489. The molecule has 0 radical (unpaired) electrons. The fraction of sp³-hybridized carbons (Fsp3) is 0.533. The summed E-state index contributed by atoms with van der Waals surface area (Å²) in [6.07, 6.45) is 2.73. The average Bonchev–Trinajstić information content (AvgIpc) is 3.19. The summed E-state index contributed by atoms with van der Waals surface area (Å²) in [5.41, 5.74) is 0.693. The van der Waals surface area contributed by atoms with E-state index in [1.807, 2.05) is 6.07 Å². The second-order valence-electron chi connectivity index (χ2n) is 5.50. The molecule has 1 saturated heterocycles. The third kappa shape index (κ3) is 3.10. The molecule has 5 heteroatoms. The summed E-state index contributed by atoms with van der Waals surface area (Å²) in [7, 11) is 0. The van der Waals surface area contributed by atoms with Gasteiger partial charge in [0.05, 0.1) is 12.6 Å². The Morgan fingerprint density at radius 2 is 2.15 bits per heavy atom. The molecule has 2 N–H and O–H groups in total. The highest BCUT2D eigenvalue weighted by molar-refractivity contribution is 5.75. The van der Waals surface area contributed by atoms with Crippen LogP contribution in [0.4, 0.5) is 9.18 Å². The molecule has 4 nitrogen and oxygen atoms in total. The summed E-state index contributed by atoms with van der Waals surface area (Å²) in [6, 6.07) is 6.71. The third-order valence-electron chi connectivity index (χ3n) is 3.91. The van der Waals surface area contributed by atoms with Gasteiger partial charge in [0, 0.05) is 18.6 Å². The van der Waals surface area contributed by atoms with Gasteiger partial charge in [0.1, 0.15) is 5.82 Å². The van der Waals surface area contributed by atoms with Crippen LogP contribution < -0.4 is 10.6 Å². The number of halogens is 1. The van der Waals surface area contributed by atoms with Gasteiger partial charge in [0.2, 0.25) is 0 Å². The van der Waals surface area contributed by atoms with E-state index in [0.29, 0.717) is 12.2 Å². The highest BCUT2D eigenvalue weighted by atomic mass is 19.1. The van der Waals surface area contributed by atoms with Crippen LogP contribution >= 0.6 is 0 Å². The van der Waals surface area contributed by atoms with Crippen LogP contribution in [0.5, 0.6) is 0 Å². The maximum atomic E-state index is 13.6. The highest BCUT2D eigenvalue weighted by Crippen LogP contribution is 2.41. The molecule has 0 aromatic heterocycles. The Balaban J connectivity index is 1.48. The minimum absolute atomic E-state index is 0.0383. The summed E-state index contributed by atoms with van der Waals surface area (Å²) in [5, 5.41) is 5.81. The van der Waals surface area contributed by atoms with Gasteiger partial charge in [-0.3, -0.25) is 0 Å². The highest BCUT2D eigenvalue weighted by Gasteiger charge is 2.41.